The van der Waals surface area contributed by atoms with Gasteiger partial charge in [0, 0.05) is 25.2 Å². The maximum absolute atomic E-state index is 13.0. The van der Waals surface area contributed by atoms with Gasteiger partial charge in [-0.05, 0) is 24.2 Å². The fraction of sp³-hybridized carbons (Fsp3) is 0.250. The van der Waals surface area contributed by atoms with Crippen molar-refractivity contribution in [3.63, 3.8) is 0 Å². The molecule has 1 aromatic heterocycles. The fourth-order valence-corrected chi connectivity index (χ4v) is 1.68. The van der Waals surface area contributed by atoms with Crippen molar-refractivity contribution in [1.29, 1.82) is 0 Å². The molecule has 2 N–H and O–H groups in total. The summed E-state index contributed by atoms with van der Waals surface area (Å²) in [6.45, 7) is 0.928. The molecule has 0 bridgehead atoms. The minimum absolute atomic E-state index is 0.395. The third-order valence-electron chi connectivity index (χ3n) is 2.37. The van der Waals surface area contributed by atoms with Crippen LogP contribution in [0.15, 0.2) is 30.7 Å². The Morgan fingerprint density at radius 3 is 2.53 bits per heavy atom. The third-order valence-corrected chi connectivity index (χ3v) is 2.37. The Morgan fingerprint density at radius 2 is 1.88 bits per heavy atom. The number of benzene rings is 1. The van der Waals surface area contributed by atoms with Crippen molar-refractivity contribution in [2.45, 2.75) is 13.0 Å². The number of aromatic nitrogens is 2. The lowest BCUT2D eigenvalue weighted by molar-refractivity contribution is 0.577. The Bertz CT molecular complexity index is 488. The maximum atomic E-state index is 13.0. The first-order chi connectivity index (χ1) is 8.17. The number of rotatable bonds is 4. The molecule has 0 saturated carbocycles. The molecule has 90 valence electrons. The molecule has 1 aromatic carbocycles. The first-order valence-electron chi connectivity index (χ1n) is 5.33. The second-order valence-corrected chi connectivity index (χ2v) is 3.85. The topological polar surface area (TPSA) is 43.8 Å². The average molecular weight is 237 g/mol. The summed E-state index contributed by atoms with van der Waals surface area (Å²) in [7, 11) is 0. The highest BCUT2D eigenvalue weighted by atomic mass is 19.1. The molecule has 1 heterocycles. The summed E-state index contributed by atoms with van der Waals surface area (Å²) < 4.78 is 27.7. The molecule has 0 radical (unpaired) electrons. The van der Waals surface area contributed by atoms with Crippen LogP contribution in [0.4, 0.5) is 8.78 Å². The minimum Gasteiger partial charge on any atom is -0.333 e. The van der Waals surface area contributed by atoms with E-state index in [4.69, 9.17) is 5.73 Å². The van der Waals surface area contributed by atoms with Crippen molar-refractivity contribution in [2.24, 2.45) is 5.73 Å². The predicted molar refractivity (Wildman–Crippen MR) is 60.4 cm³/mol. The molecule has 17 heavy (non-hydrogen) atoms. The first kappa shape index (κ1) is 11.7. The van der Waals surface area contributed by atoms with Crippen molar-refractivity contribution >= 4 is 0 Å². The fourth-order valence-electron chi connectivity index (χ4n) is 1.68. The highest BCUT2D eigenvalue weighted by Crippen LogP contribution is 2.10. The van der Waals surface area contributed by atoms with Gasteiger partial charge in [0.05, 0.1) is 12.0 Å². The highest BCUT2D eigenvalue weighted by molar-refractivity contribution is 5.18. The van der Waals surface area contributed by atoms with Crippen LogP contribution in [-0.2, 0) is 13.0 Å². The number of imidazole rings is 1. The van der Waals surface area contributed by atoms with Gasteiger partial charge in [0.25, 0.3) is 0 Å². The Hall–Kier alpha value is -1.75. The van der Waals surface area contributed by atoms with E-state index >= 15 is 0 Å². The van der Waals surface area contributed by atoms with Gasteiger partial charge in [-0.1, -0.05) is 0 Å². The van der Waals surface area contributed by atoms with Crippen LogP contribution in [-0.4, -0.2) is 16.1 Å². The van der Waals surface area contributed by atoms with E-state index in [1.807, 2.05) is 6.20 Å². The lowest BCUT2D eigenvalue weighted by Gasteiger charge is -2.03. The van der Waals surface area contributed by atoms with Crippen molar-refractivity contribution in [2.75, 3.05) is 6.54 Å². The number of hydrogen-bond donors (Lipinski definition) is 1. The van der Waals surface area contributed by atoms with E-state index in [0.29, 0.717) is 25.1 Å². The molecule has 2 rings (SSSR count). The zero-order chi connectivity index (χ0) is 12.3. The number of nitrogens with zero attached hydrogens (tertiary/aromatic N) is 2. The Kier molecular flexibility index (Phi) is 3.49. The lowest BCUT2D eigenvalue weighted by atomic mass is 10.2. The second kappa shape index (κ2) is 5.05. The summed E-state index contributed by atoms with van der Waals surface area (Å²) in [4.78, 5) is 4.14. The molecule has 0 aliphatic rings. The quantitative estimate of drug-likeness (QED) is 0.879. The van der Waals surface area contributed by atoms with Crippen LogP contribution in [0.2, 0.25) is 0 Å². The van der Waals surface area contributed by atoms with Gasteiger partial charge < -0.3 is 10.3 Å². The zero-order valence-corrected chi connectivity index (χ0v) is 9.24. The van der Waals surface area contributed by atoms with Crippen molar-refractivity contribution < 1.29 is 8.78 Å². The van der Waals surface area contributed by atoms with E-state index in [1.165, 1.54) is 12.1 Å². The molecule has 0 unspecified atom stereocenters. The monoisotopic (exact) mass is 237 g/mol. The van der Waals surface area contributed by atoms with Gasteiger partial charge in [0.15, 0.2) is 0 Å². The molecule has 5 heteroatoms. The highest BCUT2D eigenvalue weighted by Gasteiger charge is 2.03. The number of hydrogen-bond acceptors (Lipinski definition) is 2. The van der Waals surface area contributed by atoms with Gasteiger partial charge >= 0.3 is 0 Å². The molecular formula is C12H13F2N3. The van der Waals surface area contributed by atoms with Crippen molar-refractivity contribution in [3.05, 3.63) is 53.6 Å². The first-order valence-corrected chi connectivity index (χ1v) is 5.33. The summed E-state index contributed by atoms with van der Waals surface area (Å²) in [6, 6.07) is 3.48. The van der Waals surface area contributed by atoms with E-state index in [-0.39, 0.29) is 0 Å². The molecule has 0 aliphatic carbocycles. The predicted octanol–water partition coefficient (Wildman–Crippen LogP) is 1.71. The molecule has 2 aromatic rings. The Morgan fingerprint density at radius 1 is 1.18 bits per heavy atom. The van der Waals surface area contributed by atoms with Gasteiger partial charge in [-0.3, -0.25) is 0 Å². The maximum Gasteiger partial charge on any atom is 0.126 e. The van der Waals surface area contributed by atoms with Gasteiger partial charge in [-0.25, -0.2) is 13.8 Å². The molecule has 3 nitrogen and oxygen atoms in total. The van der Waals surface area contributed by atoms with E-state index in [9.17, 15) is 8.78 Å². The van der Waals surface area contributed by atoms with Crippen LogP contribution in [0.1, 0.15) is 11.3 Å². The summed E-state index contributed by atoms with van der Waals surface area (Å²) in [5, 5.41) is 0. The molecular weight excluding hydrogens is 224 g/mol. The standard InChI is InChI=1S/C12H13F2N3/c13-10-3-9(4-11(14)5-10)6-17-7-12(1-2-15)16-8-17/h3-5,7-8H,1-2,6,15H2. The smallest absolute Gasteiger partial charge is 0.126 e. The van der Waals surface area contributed by atoms with E-state index in [2.05, 4.69) is 4.98 Å². The van der Waals surface area contributed by atoms with Crippen molar-refractivity contribution in [3.8, 4) is 0 Å². The molecule has 0 saturated heterocycles. The van der Waals surface area contributed by atoms with Crippen LogP contribution < -0.4 is 5.73 Å². The summed E-state index contributed by atoms with van der Waals surface area (Å²) in [6.07, 6.45) is 4.16. The van der Waals surface area contributed by atoms with Gasteiger partial charge in [-0.15, -0.1) is 0 Å². The normalized spacial score (nSPS) is 10.8. The molecule has 0 atom stereocenters. The minimum atomic E-state index is -0.567. The van der Waals surface area contributed by atoms with Crippen LogP contribution in [0.3, 0.4) is 0 Å². The van der Waals surface area contributed by atoms with E-state index in [1.54, 1.807) is 10.9 Å². The molecule has 0 amide bonds. The summed E-state index contributed by atoms with van der Waals surface area (Å²) in [5.74, 6) is -1.13. The van der Waals surface area contributed by atoms with Gasteiger partial charge in [-0.2, -0.15) is 0 Å². The Balaban J connectivity index is 2.13. The van der Waals surface area contributed by atoms with Crippen LogP contribution in [0.5, 0.6) is 0 Å². The zero-order valence-electron chi connectivity index (χ0n) is 9.24. The summed E-state index contributed by atoms with van der Waals surface area (Å²) in [5.41, 5.74) is 6.86. The van der Waals surface area contributed by atoms with Crippen LogP contribution >= 0.6 is 0 Å². The molecule has 0 spiro atoms. The second-order valence-electron chi connectivity index (χ2n) is 3.85. The Labute approximate surface area is 97.9 Å². The molecule has 0 aliphatic heterocycles. The summed E-state index contributed by atoms with van der Waals surface area (Å²) >= 11 is 0. The van der Waals surface area contributed by atoms with Crippen LogP contribution in [0.25, 0.3) is 0 Å². The van der Waals surface area contributed by atoms with E-state index < -0.39 is 11.6 Å². The van der Waals surface area contributed by atoms with Gasteiger partial charge in [0.2, 0.25) is 0 Å². The SMILES string of the molecule is NCCc1cn(Cc2cc(F)cc(F)c2)cn1. The largest absolute Gasteiger partial charge is 0.333 e. The molecule has 0 fully saturated rings. The van der Waals surface area contributed by atoms with Crippen molar-refractivity contribution in [1.82, 2.24) is 9.55 Å². The third kappa shape index (κ3) is 3.10. The number of nitrogens with two attached hydrogens (primary N) is 1. The van der Waals surface area contributed by atoms with Gasteiger partial charge in [0.1, 0.15) is 11.6 Å². The van der Waals surface area contributed by atoms with E-state index in [0.717, 1.165) is 11.8 Å². The lowest BCUT2D eigenvalue weighted by Crippen LogP contribution is -2.03. The van der Waals surface area contributed by atoms with Crippen LogP contribution in [0, 0.1) is 11.6 Å². The number of halogens is 2. The average Bonchev–Trinajstić information content (AvgIpc) is 2.64.